The summed E-state index contributed by atoms with van der Waals surface area (Å²) in [7, 11) is 0. The molecule has 0 radical (unpaired) electrons. The van der Waals surface area contributed by atoms with E-state index in [1.165, 1.54) is 0 Å². The maximum Gasteiger partial charge on any atom is 0.104 e. The molecule has 0 atom stereocenters. The molecule has 0 unspecified atom stereocenters. The molecule has 6 nitrogen and oxygen atoms in total. The Balaban J connectivity index is 1.34. The number of aryl methyl sites for hydroxylation is 2. The Kier molecular flexibility index (Phi) is 7.98. The molecule has 0 saturated heterocycles. The van der Waals surface area contributed by atoms with E-state index in [1.807, 2.05) is 86.6 Å². The molecule has 0 saturated carbocycles. The third-order valence-corrected chi connectivity index (χ3v) is 11.1. The van der Waals surface area contributed by atoms with E-state index >= 15 is 0 Å². The Bertz CT molecular complexity index is 3250. The van der Waals surface area contributed by atoms with E-state index in [9.17, 15) is 15.8 Å². The van der Waals surface area contributed by atoms with Gasteiger partial charge in [0.1, 0.15) is 11.6 Å². The number of benzene rings is 7. The first-order chi connectivity index (χ1) is 28.4. The third kappa shape index (κ3) is 5.50. The number of para-hydroxylation sites is 2. The van der Waals surface area contributed by atoms with E-state index in [0.29, 0.717) is 16.7 Å². The minimum atomic E-state index is 0.519. The summed E-state index contributed by atoms with van der Waals surface area (Å²) in [6.45, 7) is 4.02. The molecule has 3 heterocycles. The van der Waals surface area contributed by atoms with Crippen LogP contribution in [0.3, 0.4) is 0 Å². The van der Waals surface area contributed by atoms with Gasteiger partial charge >= 0.3 is 0 Å². The molecular formula is C52H32N6. The highest BCUT2D eigenvalue weighted by molar-refractivity contribution is 6.12. The molecule has 7 aromatic carbocycles. The zero-order valence-corrected chi connectivity index (χ0v) is 31.7. The number of nitriles is 3. The van der Waals surface area contributed by atoms with Gasteiger partial charge in [0.15, 0.2) is 0 Å². The molecule has 270 valence electrons. The first kappa shape index (κ1) is 34.3. The Labute approximate surface area is 335 Å². The van der Waals surface area contributed by atoms with Crippen molar-refractivity contribution in [2.75, 3.05) is 0 Å². The van der Waals surface area contributed by atoms with Gasteiger partial charge in [0.2, 0.25) is 0 Å². The summed E-state index contributed by atoms with van der Waals surface area (Å²) < 4.78 is 4.45. The summed E-state index contributed by atoms with van der Waals surface area (Å²) in [6, 6.07) is 60.5. The van der Waals surface area contributed by atoms with Crippen molar-refractivity contribution >= 4 is 43.6 Å². The van der Waals surface area contributed by atoms with Crippen molar-refractivity contribution in [3.05, 3.63) is 186 Å². The summed E-state index contributed by atoms with van der Waals surface area (Å²) in [5.74, 6) is 0. The minimum Gasteiger partial charge on any atom is -0.308 e. The van der Waals surface area contributed by atoms with Gasteiger partial charge < -0.3 is 9.13 Å². The van der Waals surface area contributed by atoms with Gasteiger partial charge in [0.05, 0.1) is 56.7 Å². The van der Waals surface area contributed by atoms with Crippen LogP contribution in [0, 0.1) is 47.8 Å². The molecule has 58 heavy (non-hydrogen) atoms. The van der Waals surface area contributed by atoms with E-state index < -0.39 is 0 Å². The fraction of sp³-hybridized carbons (Fsp3) is 0.0385. The minimum absolute atomic E-state index is 0.519. The van der Waals surface area contributed by atoms with Gasteiger partial charge in [-0.15, -0.1) is 0 Å². The molecule has 10 aromatic rings. The standard InChI is InChI=1S/C52H32N6/c1-32-21-40(22-33(2)56-32)41-27-51(57-47-15-5-3-13-42(47)44-19-17-38(25-49(44)57)36-11-7-9-34(23-36)29-53)46(31-55)52(28-41)58-48-16-6-4-14-43(48)45-20-18-39(26-50(45)58)37-12-8-10-35(24-37)30-54/h3-28H,1-2H3. The van der Waals surface area contributed by atoms with E-state index in [-0.39, 0.29) is 0 Å². The van der Waals surface area contributed by atoms with Crippen molar-refractivity contribution in [1.82, 2.24) is 14.1 Å². The summed E-state index contributed by atoms with van der Waals surface area (Å²) >= 11 is 0. The SMILES string of the molecule is Cc1cc(-c2cc(-n3c4ccccc4c4ccc(-c5cccc(C#N)c5)cc43)c(C#N)c(-n3c4ccccc4c4ccc(-c5cccc(C#N)c5)cc43)c2)cc(C)n1. The Morgan fingerprint density at radius 3 is 1.28 bits per heavy atom. The monoisotopic (exact) mass is 740 g/mol. The Morgan fingerprint density at radius 2 is 0.810 bits per heavy atom. The van der Waals surface area contributed by atoms with Gasteiger partial charge in [-0.1, -0.05) is 84.9 Å². The molecule has 3 aromatic heterocycles. The van der Waals surface area contributed by atoms with Crippen LogP contribution >= 0.6 is 0 Å². The van der Waals surface area contributed by atoms with E-state index in [4.69, 9.17) is 4.98 Å². The third-order valence-electron chi connectivity index (χ3n) is 11.1. The molecule has 0 aliphatic carbocycles. The molecule has 0 amide bonds. The number of aromatic nitrogens is 3. The molecule has 0 bridgehead atoms. The van der Waals surface area contributed by atoms with Gasteiger partial charge in [0.25, 0.3) is 0 Å². The van der Waals surface area contributed by atoms with E-state index in [2.05, 4.69) is 112 Å². The normalized spacial score (nSPS) is 11.2. The predicted octanol–water partition coefficient (Wildman–Crippen LogP) is 12.5. The molecule has 6 heteroatoms. The largest absolute Gasteiger partial charge is 0.308 e. The first-order valence-corrected chi connectivity index (χ1v) is 19.0. The highest BCUT2D eigenvalue weighted by Crippen LogP contribution is 2.42. The molecule has 0 aliphatic rings. The number of hydrogen-bond acceptors (Lipinski definition) is 4. The van der Waals surface area contributed by atoms with Crippen LogP contribution in [0.15, 0.2) is 158 Å². The molecular weight excluding hydrogens is 709 g/mol. The highest BCUT2D eigenvalue weighted by Gasteiger charge is 2.23. The number of fused-ring (bicyclic) bond motifs is 6. The fourth-order valence-electron chi connectivity index (χ4n) is 8.60. The lowest BCUT2D eigenvalue weighted by Crippen LogP contribution is -2.05. The molecule has 0 spiro atoms. The van der Waals surface area contributed by atoms with Crippen LogP contribution in [0.2, 0.25) is 0 Å². The van der Waals surface area contributed by atoms with Crippen molar-refractivity contribution in [2.24, 2.45) is 0 Å². The smallest absolute Gasteiger partial charge is 0.104 e. The Hall–Kier alpha value is -8.24. The van der Waals surface area contributed by atoms with Crippen LogP contribution in [0.25, 0.3) is 88.4 Å². The summed E-state index contributed by atoms with van der Waals surface area (Å²) in [5, 5.41) is 35.1. The van der Waals surface area contributed by atoms with Gasteiger partial charge in [-0.25, -0.2) is 0 Å². The lowest BCUT2D eigenvalue weighted by molar-refractivity contribution is 1.11. The van der Waals surface area contributed by atoms with Crippen molar-refractivity contribution in [1.29, 1.82) is 15.8 Å². The maximum atomic E-state index is 11.5. The number of hydrogen-bond donors (Lipinski definition) is 0. The molecule has 10 rings (SSSR count). The van der Waals surface area contributed by atoms with Crippen LogP contribution in [0.4, 0.5) is 0 Å². The maximum absolute atomic E-state index is 11.5. The van der Waals surface area contributed by atoms with Crippen molar-refractivity contribution < 1.29 is 0 Å². The predicted molar refractivity (Wildman–Crippen MR) is 233 cm³/mol. The second-order valence-electron chi connectivity index (χ2n) is 14.7. The lowest BCUT2D eigenvalue weighted by atomic mass is 9.99. The Morgan fingerprint density at radius 1 is 0.379 bits per heavy atom. The molecule has 0 fully saturated rings. The molecule has 0 N–H and O–H groups in total. The quantitative estimate of drug-likeness (QED) is 0.175. The fourth-order valence-corrected chi connectivity index (χ4v) is 8.60. The van der Waals surface area contributed by atoms with E-state index in [0.717, 1.165) is 99.8 Å². The van der Waals surface area contributed by atoms with Crippen LogP contribution in [-0.4, -0.2) is 14.1 Å². The summed E-state index contributed by atoms with van der Waals surface area (Å²) in [6.07, 6.45) is 0. The van der Waals surface area contributed by atoms with E-state index in [1.54, 1.807) is 0 Å². The average molecular weight is 741 g/mol. The van der Waals surface area contributed by atoms with Crippen molar-refractivity contribution in [3.8, 4) is 63.0 Å². The van der Waals surface area contributed by atoms with Gasteiger partial charge in [-0.05, 0) is 120 Å². The summed E-state index contributed by atoms with van der Waals surface area (Å²) in [4.78, 5) is 4.70. The number of rotatable bonds is 5. The average Bonchev–Trinajstić information content (AvgIpc) is 3.77. The number of nitrogens with zero attached hydrogens (tertiary/aromatic N) is 6. The van der Waals surface area contributed by atoms with Crippen LogP contribution < -0.4 is 0 Å². The van der Waals surface area contributed by atoms with Gasteiger partial charge in [-0.3, -0.25) is 4.98 Å². The molecule has 0 aliphatic heterocycles. The van der Waals surface area contributed by atoms with Crippen LogP contribution in [-0.2, 0) is 0 Å². The zero-order valence-electron chi connectivity index (χ0n) is 31.7. The highest BCUT2D eigenvalue weighted by atomic mass is 15.0. The van der Waals surface area contributed by atoms with Crippen molar-refractivity contribution in [3.63, 3.8) is 0 Å². The van der Waals surface area contributed by atoms with Crippen LogP contribution in [0.1, 0.15) is 28.1 Å². The lowest BCUT2D eigenvalue weighted by Gasteiger charge is -2.19. The topological polar surface area (TPSA) is 94.1 Å². The number of pyridine rings is 1. The van der Waals surface area contributed by atoms with Gasteiger partial charge in [0, 0.05) is 32.9 Å². The second-order valence-corrected chi connectivity index (χ2v) is 14.7. The van der Waals surface area contributed by atoms with Gasteiger partial charge in [-0.2, -0.15) is 15.8 Å². The zero-order chi connectivity index (χ0) is 39.5. The summed E-state index contributed by atoms with van der Waals surface area (Å²) in [5.41, 5.74) is 14.6. The van der Waals surface area contributed by atoms with Crippen molar-refractivity contribution in [2.45, 2.75) is 13.8 Å². The van der Waals surface area contributed by atoms with Crippen LogP contribution in [0.5, 0.6) is 0 Å². The first-order valence-electron chi connectivity index (χ1n) is 19.0. The second kappa shape index (κ2) is 13.5.